The van der Waals surface area contributed by atoms with Gasteiger partial charge in [0.15, 0.2) is 0 Å². The standard InChI is InChI=1S/C17H22N2O.2ClH/c20-16(6-5-13-7-10-18-11-8-13)17-15-4-2-1-3-14(15)9-12-19-17;;/h1-4,9,12-13,16,18,20H,5-8,10-11H2;2*1H. The molecule has 1 aliphatic heterocycles. The smallest absolute Gasteiger partial charge is 0.0966 e. The van der Waals surface area contributed by atoms with Crippen molar-refractivity contribution in [3.8, 4) is 0 Å². The predicted molar refractivity (Wildman–Crippen MR) is 96.0 cm³/mol. The molecular weight excluding hydrogens is 319 g/mol. The van der Waals surface area contributed by atoms with Gasteiger partial charge in [-0.05, 0) is 56.1 Å². The Morgan fingerprint density at radius 1 is 1.14 bits per heavy atom. The van der Waals surface area contributed by atoms with E-state index >= 15 is 0 Å². The van der Waals surface area contributed by atoms with Gasteiger partial charge < -0.3 is 10.4 Å². The number of aliphatic hydroxyl groups excluding tert-OH is 1. The molecule has 1 atom stereocenters. The molecule has 0 saturated carbocycles. The molecule has 22 heavy (non-hydrogen) atoms. The Morgan fingerprint density at radius 3 is 2.64 bits per heavy atom. The van der Waals surface area contributed by atoms with Crippen LogP contribution in [0.1, 0.15) is 37.5 Å². The third kappa shape index (κ3) is 4.56. The van der Waals surface area contributed by atoms with Crippen molar-refractivity contribution in [3.63, 3.8) is 0 Å². The third-order valence-corrected chi connectivity index (χ3v) is 4.33. The number of halogens is 2. The van der Waals surface area contributed by atoms with E-state index in [-0.39, 0.29) is 24.8 Å². The first-order valence-electron chi connectivity index (χ1n) is 7.57. The van der Waals surface area contributed by atoms with Crippen LogP contribution in [0.25, 0.3) is 10.8 Å². The molecule has 1 saturated heterocycles. The third-order valence-electron chi connectivity index (χ3n) is 4.33. The quantitative estimate of drug-likeness (QED) is 0.885. The van der Waals surface area contributed by atoms with Gasteiger partial charge in [0.1, 0.15) is 0 Å². The van der Waals surface area contributed by atoms with Crippen molar-refractivity contribution >= 4 is 35.6 Å². The molecule has 1 aromatic heterocycles. The molecule has 2 N–H and O–H groups in total. The van der Waals surface area contributed by atoms with Crippen LogP contribution >= 0.6 is 24.8 Å². The van der Waals surface area contributed by atoms with Crippen LogP contribution in [0.2, 0.25) is 0 Å². The second-order valence-electron chi connectivity index (χ2n) is 5.70. The summed E-state index contributed by atoms with van der Waals surface area (Å²) in [6.45, 7) is 2.24. The molecule has 122 valence electrons. The van der Waals surface area contributed by atoms with Gasteiger partial charge in [-0.3, -0.25) is 4.98 Å². The molecular formula is C17H24Cl2N2O. The first-order valence-corrected chi connectivity index (χ1v) is 7.57. The zero-order valence-corrected chi connectivity index (χ0v) is 14.2. The molecule has 0 amide bonds. The van der Waals surface area contributed by atoms with E-state index in [0.717, 1.165) is 48.3 Å². The first-order chi connectivity index (χ1) is 9.84. The summed E-state index contributed by atoms with van der Waals surface area (Å²) in [5.74, 6) is 0.751. The Kier molecular flexibility index (Phi) is 8.12. The molecule has 0 bridgehead atoms. The highest BCUT2D eigenvalue weighted by atomic mass is 35.5. The zero-order chi connectivity index (χ0) is 13.8. The van der Waals surface area contributed by atoms with Gasteiger partial charge in [0.2, 0.25) is 0 Å². The molecule has 0 radical (unpaired) electrons. The number of piperidine rings is 1. The van der Waals surface area contributed by atoms with E-state index in [2.05, 4.69) is 16.4 Å². The number of aliphatic hydroxyl groups is 1. The van der Waals surface area contributed by atoms with Gasteiger partial charge >= 0.3 is 0 Å². The van der Waals surface area contributed by atoms with Crippen LogP contribution in [0, 0.1) is 5.92 Å². The highest BCUT2D eigenvalue weighted by Gasteiger charge is 2.17. The van der Waals surface area contributed by atoms with E-state index in [1.54, 1.807) is 6.20 Å². The fraction of sp³-hybridized carbons (Fsp3) is 0.471. The van der Waals surface area contributed by atoms with Crippen LogP contribution in [-0.4, -0.2) is 23.2 Å². The summed E-state index contributed by atoms with van der Waals surface area (Å²) in [5, 5.41) is 16.1. The minimum absolute atomic E-state index is 0. The minimum atomic E-state index is -0.448. The van der Waals surface area contributed by atoms with Crippen LogP contribution in [0.15, 0.2) is 36.5 Å². The maximum atomic E-state index is 10.5. The van der Waals surface area contributed by atoms with Crippen LogP contribution in [0.3, 0.4) is 0 Å². The van der Waals surface area contributed by atoms with Crippen LogP contribution in [0.4, 0.5) is 0 Å². The first kappa shape index (κ1) is 19.2. The number of pyridine rings is 1. The Labute approximate surface area is 144 Å². The lowest BCUT2D eigenvalue weighted by atomic mass is 9.91. The fourth-order valence-corrected chi connectivity index (χ4v) is 3.11. The van der Waals surface area contributed by atoms with Crippen molar-refractivity contribution in [2.75, 3.05) is 13.1 Å². The molecule has 2 aromatic rings. The van der Waals surface area contributed by atoms with Crippen LogP contribution in [0.5, 0.6) is 0 Å². The van der Waals surface area contributed by atoms with Crippen molar-refractivity contribution in [2.24, 2.45) is 5.92 Å². The summed E-state index contributed by atoms with van der Waals surface area (Å²) in [5.41, 5.74) is 0.831. The van der Waals surface area contributed by atoms with E-state index in [9.17, 15) is 5.11 Å². The lowest BCUT2D eigenvalue weighted by Gasteiger charge is -2.23. The Bertz CT molecular complexity index is 568. The van der Waals surface area contributed by atoms with Crippen molar-refractivity contribution in [3.05, 3.63) is 42.2 Å². The minimum Gasteiger partial charge on any atom is -0.387 e. The lowest BCUT2D eigenvalue weighted by Crippen LogP contribution is -2.27. The van der Waals surface area contributed by atoms with E-state index in [1.165, 1.54) is 12.8 Å². The number of rotatable bonds is 4. The maximum absolute atomic E-state index is 10.5. The lowest BCUT2D eigenvalue weighted by molar-refractivity contribution is 0.149. The number of nitrogens with one attached hydrogen (secondary N) is 1. The average Bonchev–Trinajstić information content (AvgIpc) is 2.53. The molecule has 0 aliphatic carbocycles. The van der Waals surface area contributed by atoms with Gasteiger partial charge in [-0.2, -0.15) is 0 Å². The van der Waals surface area contributed by atoms with Gasteiger partial charge in [-0.25, -0.2) is 0 Å². The van der Waals surface area contributed by atoms with Gasteiger partial charge in [0, 0.05) is 11.6 Å². The van der Waals surface area contributed by atoms with Gasteiger partial charge in [-0.15, -0.1) is 24.8 Å². The Balaban J connectivity index is 0.00000121. The summed E-state index contributed by atoms with van der Waals surface area (Å²) >= 11 is 0. The van der Waals surface area contributed by atoms with Crippen molar-refractivity contribution in [1.82, 2.24) is 10.3 Å². The number of benzene rings is 1. The topological polar surface area (TPSA) is 45.1 Å². The monoisotopic (exact) mass is 342 g/mol. The highest BCUT2D eigenvalue weighted by Crippen LogP contribution is 2.28. The Morgan fingerprint density at radius 2 is 1.86 bits per heavy atom. The molecule has 5 heteroatoms. The number of hydrogen-bond donors (Lipinski definition) is 2. The molecule has 3 nitrogen and oxygen atoms in total. The number of hydrogen-bond acceptors (Lipinski definition) is 3. The maximum Gasteiger partial charge on any atom is 0.0966 e. The van der Waals surface area contributed by atoms with Crippen molar-refractivity contribution < 1.29 is 5.11 Å². The second-order valence-corrected chi connectivity index (χ2v) is 5.70. The fourth-order valence-electron chi connectivity index (χ4n) is 3.11. The summed E-state index contributed by atoms with van der Waals surface area (Å²) < 4.78 is 0. The van der Waals surface area contributed by atoms with Gasteiger partial charge in [-0.1, -0.05) is 24.3 Å². The zero-order valence-electron chi connectivity index (χ0n) is 12.6. The summed E-state index contributed by atoms with van der Waals surface area (Å²) in [6, 6.07) is 10.1. The van der Waals surface area contributed by atoms with Crippen molar-refractivity contribution in [2.45, 2.75) is 31.8 Å². The average molecular weight is 343 g/mol. The summed E-state index contributed by atoms with van der Waals surface area (Å²) in [6.07, 6.45) is 5.71. The Hall–Kier alpha value is -0.870. The normalized spacial score (nSPS) is 16.6. The van der Waals surface area contributed by atoms with Crippen LogP contribution < -0.4 is 5.32 Å². The predicted octanol–water partition coefficient (Wildman–Crippen LogP) is 3.89. The number of aromatic nitrogens is 1. The van der Waals surface area contributed by atoms with E-state index in [4.69, 9.17) is 0 Å². The van der Waals surface area contributed by atoms with E-state index < -0.39 is 6.10 Å². The van der Waals surface area contributed by atoms with E-state index in [1.807, 2.05) is 24.3 Å². The summed E-state index contributed by atoms with van der Waals surface area (Å²) in [4.78, 5) is 4.41. The molecule has 1 aliphatic rings. The molecule has 0 spiro atoms. The van der Waals surface area contributed by atoms with Crippen LogP contribution in [-0.2, 0) is 0 Å². The largest absolute Gasteiger partial charge is 0.387 e. The van der Waals surface area contributed by atoms with E-state index in [0.29, 0.717) is 0 Å². The molecule has 2 heterocycles. The molecule has 1 aromatic carbocycles. The molecule has 1 unspecified atom stereocenters. The molecule has 1 fully saturated rings. The number of fused-ring (bicyclic) bond motifs is 1. The SMILES string of the molecule is Cl.Cl.OC(CCC1CCNCC1)c1nccc2ccccc12. The number of nitrogens with zero attached hydrogens (tertiary/aromatic N) is 1. The highest BCUT2D eigenvalue weighted by molar-refractivity contribution is 5.86. The van der Waals surface area contributed by atoms with Crippen molar-refractivity contribution in [1.29, 1.82) is 0 Å². The summed E-state index contributed by atoms with van der Waals surface area (Å²) in [7, 11) is 0. The second kappa shape index (κ2) is 9.31. The molecule has 3 rings (SSSR count). The van der Waals surface area contributed by atoms with Gasteiger partial charge in [0.05, 0.1) is 11.8 Å². The van der Waals surface area contributed by atoms with Gasteiger partial charge in [0.25, 0.3) is 0 Å².